The average Bonchev–Trinajstić information content (AvgIpc) is 2.35. The van der Waals surface area contributed by atoms with E-state index in [0.717, 1.165) is 6.07 Å². The lowest BCUT2D eigenvalue weighted by Crippen LogP contribution is -2.10. The summed E-state index contributed by atoms with van der Waals surface area (Å²) in [5.74, 6) is -1.18. The van der Waals surface area contributed by atoms with Crippen LogP contribution in [0.1, 0.15) is 10.4 Å². The molecule has 1 aromatic carbocycles. The predicted molar refractivity (Wildman–Crippen MR) is 62.0 cm³/mol. The van der Waals surface area contributed by atoms with E-state index in [1.807, 2.05) is 0 Å². The van der Waals surface area contributed by atoms with Crippen LogP contribution in [-0.4, -0.2) is 15.9 Å². The number of amides is 1. The smallest absolute Gasteiger partial charge is 0.248 e. The molecule has 1 aromatic heterocycles. The summed E-state index contributed by atoms with van der Waals surface area (Å²) >= 11 is 5.38. The molecule has 0 saturated heterocycles. The number of nitrogens with two attached hydrogens (primary N) is 1. The van der Waals surface area contributed by atoms with Gasteiger partial charge in [-0.25, -0.2) is 14.4 Å². The van der Waals surface area contributed by atoms with E-state index in [-0.39, 0.29) is 10.6 Å². The van der Waals surface area contributed by atoms with Crippen LogP contribution in [0.5, 0.6) is 0 Å². The summed E-state index contributed by atoms with van der Waals surface area (Å²) in [5, 5.41) is -0.0960. The third-order valence-corrected chi connectivity index (χ3v) is 1.97. The Morgan fingerprint density at radius 2 is 1.94 bits per heavy atom. The SMILES string of the molecule is NC(=O)c1ccc(F)c(Cl)c1.c1cncnc1. The highest BCUT2D eigenvalue weighted by Gasteiger charge is 2.03. The lowest BCUT2D eigenvalue weighted by molar-refractivity contribution is 0.100. The molecule has 0 aliphatic rings. The number of aromatic nitrogens is 2. The number of rotatable bonds is 1. The highest BCUT2D eigenvalue weighted by molar-refractivity contribution is 6.31. The van der Waals surface area contributed by atoms with Gasteiger partial charge in [0.25, 0.3) is 0 Å². The fourth-order valence-corrected chi connectivity index (χ4v) is 1.08. The van der Waals surface area contributed by atoms with E-state index in [9.17, 15) is 9.18 Å². The lowest BCUT2D eigenvalue weighted by Gasteiger charge is -1.96. The third kappa shape index (κ3) is 4.56. The molecule has 2 rings (SSSR count). The third-order valence-electron chi connectivity index (χ3n) is 1.68. The van der Waals surface area contributed by atoms with Gasteiger partial charge in [0.05, 0.1) is 5.02 Å². The van der Waals surface area contributed by atoms with Crippen molar-refractivity contribution < 1.29 is 9.18 Å². The first-order valence-corrected chi connectivity index (χ1v) is 4.94. The first-order valence-electron chi connectivity index (χ1n) is 4.56. The topological polar surface area (TPSA) is 68.9 Å². The van der Waals surface area contributed by atoms with Crippen LogP contribution in [-0.2, 0) is 0 Å². The van der Waals surface area contributed by atoms with Crippen molar-refractivity contribution in [3.05, 3.63) is 59.4 Å². The van der Waals surface area contributed by atoms with E-state index in [1.54, 1.807) is 18.5 Å². The quantitative estimate of drug-likeness (QED) is 0.846. The van der Waals surface area contributed by atoms with Crippen LogP contribution in [0.3, 0.4) is 0 Å². The highest BCUT2D eigenvalue weighted by Crippen LogP contribution is 2.15. The zero-order chi connectivity index (χ0) is 12.7. The second kappa shape index (κ2) is 6.55. The van der Waals surface area contributed by atoms with Crippen LogP contribution in [0.15, 0.2) is 43.0 Å². The molecule has 0 unspecified atom stereocenters. The summed E-state index contributed by atoms with van der Waals surface area (Å²) in [4.78, 5) is 17.9. The summed E-state index contributed by atoms with van der Waals surface area (Å²) in [6.07, 6.45) is 4.88. The van der Waals surface area contributed by atoms with Crippen molar-refractivity contribution in [2.24, 2.45) is 5.73 Å². The minimum absolute atomic E-state index is 0.0960. The number of hydrogen-bond acceptors (Lipinski definition) is 3. The van der Waals surface area contributed by atoms with Gasteiger partial charge < -0.3 is 5.73 Å². The highest BCUT2D eigenvalue weighted by atomic mass is 35.5. The average molecular weight is 254 g/mol. The molecule has 88 valence electrons. The number of carbonyl (C=O) groups is 1. The molecule has 1 amide bonds. The second-order valence-electron chi connectivity index (χ2n) is 2.90. The molecule has 4 nitrogen and oxygen atoms in total. The largest absolute Gasteiger partial charge is 0.366 e. The molecule has 0 atom stereocenters. The Bertz CT molecular complexity index is 467. The molecule has 2 aromatic rings. The Morgan fingerprint density at radius 1 is 1.29 bits per heavy atom. The van der Waals surface area contributed by atoms with Gasteiger partial charge in [-0.2, -0.15) is 0 Å². The first kappa shape index (κ1) is 13.1. The van der Waals surface area contributed by atoms with E-state index in [0.29, 0.717) is 0 Å². The molecule has 2 N–H and O–H groups in total. The van der Waals surface area contributed by atoms with Crippen LogP contribution in [0, 0.1) is 5.82 Å². The summed E-state index contributed by atoms with van der Waals surface area (Å²) in [6, 6.07) is 5.35. The molecule has 17 heavy (non-hydrogen) atoms. The molecule has 0 aliphatic carbocycles. The second-order valence-corrected chi connectivity index (χ2v) is 3.30. The molecule has 0 radical (unpaired) electrons. The van der Waals surface area contributed by atoms with E-state index in [4.69, 9.17) is 17.3 Å². The number of benzene rings is 1. The van der Waals surface area contributed by atoms with Crippen LogP contribution in [0.25, 0.3) is 0 Å². The lowest BCUT2D eigenvalue weighted by atomic mass is 10.2. The van der Waals surface area contributed by atoms with E-state index < -0.39 is 11.7 Å². The Kier molecular flexibility index (Phi) is 5.03. The standard InChI is InChI=1S/C7H5ClFNO.C4H4N2/c8-5-3-4(7(10)11)1-2-6(5)9;1-2-5-4-6-3-1/h1-3H,(H2,10,11);1-4H. The normalized spacial score (nSPS) is 9.06. The van der Waals surface area contributed by atoms with Gasteiger partial charge in [0.2, 0.25) is 5.91 Å². The molecule has 0 saturated carbocycles. The molecule has 0 spiro atoms. The van der Waals surface area contributed by atoms with Gasteiger partial charge in [-0.05, 0) is 24.3 Å². The van der Waals surface area contributed by atoms with Crippen LogP contribution < -0.4 is 5.73 Å². The molecule has 0 fully saturated rings. The van der Waals surface area contributed by atoms with Gasteiger partial charge in [0, 0.05) is 18.0 Å². The number of carbonyl (C=O) groups excluding carboxylic acids is 1. The van der Waals surface area contributed by atoms with Gasteiger partial charge >= 0.3 is 0 Å². The van der Waals surface area contributed by atoms with Crippen molar-refractivity contribution in [2.75, 3.05) is 0 Å². The van der Waals surface area contributed by atoms with Crippen molar-refractivity contribution in [3.63, 3.8) is 0 Å². The van der Waals surface area contributed by atoms with Crippen LogP contribution >= 0.6 is 11.6 Å². The molecule has 0 bridgehead atoms. The summed E-state index contributed by atoms with van der Waals surface area (Å²) in [5.41, 5.74) is 5.12. The maximum atomic E-state index is 12.5. The fraction of sp³-hybridized carbons (Fsp3) is 0. The Balaban J connectivity index is 0.000000202. The number of primary amides is 1. The van der Waals surface area contributed by atoms with Gasteiger partial charge in [-0.1, -0.05) is 11.6 Å². The zero-order valence-electron chi connectivity index (χ0n) is 8.68. The van der Waals surface area contributed by atoms with Crippen molar-refractivity contribution in [1.29, 1.82) is 0 Å². The van der Waals surface area contributed by atoms with Gasteiger partial charge in [-0.3, -0.25) is 4.79 Å². The van der Waals surface area contributed by atoms with Crippen LogP contribution in [0.2, 0.25) is 5.02 Å². The summed E-state index contributed by atoms with van der Waals surface area (Å²) < 4.78 is 12.5. The monoisotopic (exact) mass is 253 g/mol. The maximum absolute atomic E-state index is 12.5. The number of hydrogen-bond donors (Lipinski definition) is 1. The Morgan fingerprint density at radius 3 is 2.29 bits per heavy atom. The number of nitrogens with zero attached hydrogens (tertiary/aromatic N) is 2. The molecular weight excluding hydrogens is 245 g/mol. The first-order chi connectivity index (χ1) is 8.11. The summed E-state index contributed by atoms with van der Waals surface area (Å²) in [7, 11) is 0. The van der Waals surface area contributed by atoms with Gasteiger partial charge in [-0.15, -0.1) is 0 Å². The Hall–Kier alpha value is -2.01. The van der Waals surface area contributed by atoms with Crippen molar-refractivity contribution >= 4 is 17.5 Å². The van der Waals surface area contributed by atoms with Crippen molar-refractivity contribution in [1.82, 2.24) is 9.97 Å². The van der Waals surface area contributed by atoms with Crippen molar-refractivity contribution in [2.45, 2.75) is 0 Å². The summed E-state index contributed by atoms with van der Waals surface area (Å²) in [6.45, 7) is 0. The van der Waals surface area contributed by atoms with E-state index in [2.05, 4.69) is 9.97 Å². The number of halogens is 2. The zero-order valence-corrected chi connectivity index (χ0v) is 9.43. The minimum atomic E-state index is -0.619. The minimum Gasteiger partial charge on any atom is -0.366 e. The van der Waals surface area contributed by atoms with E-state index >= 15 is 0 Å². The van der Waals surface area contributed by atoms with Crippen molar-refractivity contribution in [3.8, 4) is 0 Å². The molecule has 1 heterocycles. The maximum Gasteiger partial charge on any atom is 0.248 e. The van der Waals surface area contributed by atoms with E-state index in [1.165, 1.54) is 18.5 Å². The molecule has 0 aliphatic heterocycles. The molecule has 6 heteroatoms. The van der Waals surface area contributed by atoms with Gasteiger partial charge in [0.1, 0.15) is 12.1 Å². The molecular formula is C11H9ClFN3O. The van der Waals surface area contributed by atoms with Crippen LogP contribution in [0.4, 0.5) is 4.39 Å². The fourth-order valence-electron chi connectivity index (χ4n) is 0.903. The predicted octanol–water partition coefficient (Wildman–Crippen LogP) is 2.05. The Labute approximate surface area is 102 Å². The van der Waals surface area contributed by atoms with Gasteiger partial charge in [0.15, 0.2) is 0 Å².